The molecular formula is C16H19N3O. The molecular weight excluding hydrogens is 250 g/mol. The molecule has 0 unspecified atom stereocenters. The van der Waals surface area contributed by atoms with Gasteiger partial charge in [0.2, 0.25) is 0 Å². The summed E-state index contributed by atoms with van der Waals surface area (Å²) in [5.41, 5.74) is 4.28. The van der Waals surface area contributed by atoms with Crippen LogP contribution < -0.4 is 10.9 Å². The summed E-state index contributed by atoms with van der Waals surface area (Å²) >= 11 is 0. The minimum atomic E-state index is -0.0438. The van der Waals surface area contributed by atoms with E-state index in [2.05, 4.69) is 41.6 Å². The summed E-state index contributed by atoms with van der Waals surface area (Å²) in [7, 11) is 0. The monoisotopic (exact) mass is 269 g/mol. The van der Waals surface area contributed by atoms with Crippen LogP contribution in [0.25, 0.3) is 0 Å². The van der Waals surface area contributed by atoms with Crippen LogP contribution in [0.5, 0.6) is 0 Å². The highest BCUT2D eigenvalue weighted by atomic mass is 16.1. The van der Waals surface area contributed by atoms with Crippen molar-refractivity contribution in [1.29, 1.82) is 0 Å². The number of aromatic nitrogens is 2. The molecule has 0 saturated carbocycles. The van der Waals surface area contributed by atoms with Gasteiger partial charge in [-0.3, -0.25) is 4.79 Å². The third-order valence-electron chi connectivity index (χ3n) is 3.74. The Morgan fingerprint density at radius 1 is 1.25 bits per heavy atom. The summed E-state index contributed by atoms with van der Waals surface area (Å²) in [4.78, 5) is 12.1. The number of rotatable bonds is 3. The average Bonchev–Trinajstić information content (AvgIpc) is 2.49. The molecule has 0 atom stereocenters. The Labute approximate surface area is 118 Å². The van der Waals surface area contributed by atoms with Crippen molar-refractivity contribution >= 4 is 5.69 Å². The van der Waals surface area contributed by atoms with Crippen molar-refractivity contribution in [3.63, 3.8) is 0 Å². The van der Waals surface area contributed by atoms with E-state index in [4.69, 9.17) is 0 Å². The zero-order valence-electron chi connectivity index (χ0n) is 11.7. The number of hydrogen-bond donors (Lipinski definition) is 1. The SMILES string of the molecule is CCc1ccc(Cn2nc3c(cc2=O)NCCC3)cc1. The van der Waals surface area contributed by atoms with Crippen LogP contribution in [0, 0.1) is 0 Å². The molecule has 4 heteroatoms. The van der Waals surface area contributed by atoms with E-state index < -0.39 is 0 Å². The molecule has 104 valence electrons. The van der Waals surface area contributed by atoms with E-state index in [0.717, 1.165) is 42.8 Å². The van der Waals surface area contributed by atoms with Crippen molar-refractivity contribution in [2.24, 2.45) is 0 Å². The first-order valence-corrected chi connectivity index (χ1v) is 7.19. The quantitative estimate of drug-likeness (QED) is 0.929. The molecule has 0 spiro atoms. The Balaban J connectivity index is 1.88. The molecule has 0 bridgehead atoms. The molecule has 2 heterocycles. The Hall–Kier alpha value is -2.10. The molecule has 0 radical (unpaired) electrons. The van der Waals surface area contributed by atoms with Gasteiger partial charge in [0.25, 0.3) is 5.56 Å². The van der Waals surface area contributed by atoms with Crippen LogP contribution >= 0.6 is 0 Å². The molecule has 0 amide bonds. The second kappa shape index (κ2) is 5.49. The van der Waals surface area contributed by atoms with Gasteiger partial charge in [-0.05, 0) is 30.4 Å². The number of nitrogens with zero attached hydrogens (tertiary/aromatic N) is 2. The summed E-state index contributed by atoms with van der Waals surface area (Å²) in [6.07, 6.45) is 3.05. The lowest BCUT2D eigenvalue weighted by Crippen LogP contribution is -2.27. The van der Waals surface area contributed by atoms with Gasteiger partial charge in [-0.15, -0.1) is 0 Å². The van der Waals surface area contributed by atoms with Gasteiger partial charge in [0.1, 0.15) is 0 Å². The summed E-state index contributed by atoms with van der Waals surface area (Å²) in [6.45, 7) is 3.60. The first kappa shape index (κ1) is 12.9. The van der Waals surface area contributed by atoms with Crippen molar-refractivity contribution in [3.05, 3.63) is 57.5 Å². The van der Waals surface area contributed by atoms with E-state index in [0.29, 0.717) is 6.54 Å². The van der Waals surface area contributed by atoms with Crippen molar-refractivity contribution in [1.82, 2.24) is 9.78 Å². The van der Waals surface area contributed by atoms with Gasteiger partial charge in [0.05, 0.1) is 17.9 Å². The fourth-order valence-corrected chi connectivity index (χ4v) is 2.51. The van der Waals surface area contributed by atoms with Crippen LogP contribution in [0.2, 0.25) is 0 Å². The number of anilines is 1. The Morgan fingerprint density at radius 2 is 2.00 bits per heavy atom. The van der Waals surface area contributed by atoms with Gasteiger partial charge >= 0.3 is 0 Å². The normalized spacial score (nSPS) is 13.7. The van der Waals surface area contributed by atoms with Crippen molar-refractivity contribution in [3.8, 4) is 0 Å². The molecule has 20 heavy (non-hydrogen) atoms. The molecule has 4 nitrogen and oxygen atoms in total. The van der Waals surface area contributed by atoms with Crippen LogP contribution in [0.15, 0.2) is 35.1 Å². The standard InChI is InChI=1S/C16H19N3O/c1-2-12-5-7-13(8-6-12)11-19-16(20)10-15-14(18-19)4-3-9-17-15/h5-8,10,17H,2-4,9,11H2,1H3. The molecule has 1 aliphatic rings. The zero-order chi connectivity index (χ0) is 13.9. The minimum Gasteiger partial charge on any atom is -0.383 e. The fraction of sp³-hybridized carbons (Fsp3) is 0.375. The largest absolute Gasteiger partial charge is 0.383 e. The molecule has 1 aromatic heterocycles. The van der Waals surface area contributed by atoms with E-state index in [1.165, 1.54) is 5.56 Å². The van der Waals surface area contributed by atoms with Crippen molar-refractivity contribution in [2.75, 3.05) is 11.9 Å². The van der Waals surface area contributed by atoms with Gasteiger partial charge in [-0.25, -0.2) is 4.68 Å². The maximum absolute atomic E-state index is 12.1. The van der Waals surface area contributed by atoms with E-state index >= 15 is 0 Å². The van der Waals surface area contributed by atoms with Crippen LogP contribution in [-0.2, 0) is 19.4 Å². The highest BCUT2D eigenvalue weighted by Crippen LogP contribution is 2.16. The molecule has 1 aliphatic heterocycles. The smallest absolute Gasteiger partial charge is 0.269 e. The van der Waals surface area contributed by atoms with Crippen LogP contribution in [-0.4, -0.2) is 16.3 Å². The fourth-order valence-electron chi connectivity index (χ4n) is 2.51. The molecule has 0 aliphatic carbocycles. The Kier molecular flexibility index (Phi) is 3.54. The highest BCUT2D eigenvalue weighted by Gasteiger charge is 2.12. The highest BCUT2D eigenvalue weighted by molar-refractivity contribution is 5.48. The van der Waals surface area contributed by atoms with Crippen molar-refractivity contribution < 1.29 is 0 Å². The van der Waals surface area contributed by atoms with E-state index in [9.17, 15) is 4.79 Å². The number of fused-ring (bicyclic) bond motifs is 1. The van der Waals surface area contributed by atoms with Gasteiger partial charge in [0.15, 0.2) is 0 Å². The predicted molar refractivity (Wildman–Crippen MR) is 80.2 cm³/mol. The molecule has 2 aromatic rings. The second-order valence-electron chi connectivity index (χ2n) is 5.20. The lowest BCUT2D eigenvalue weighted by molar-refractivity contribution is 0.608. The maximum atomic E-state index is 12.1. The lowest BCUT2D eigenvalue weighted by Gasteiger charge is -2.17. The van der Waals surface area contributed by atoms with Gasteiger partial charge in [-0.1, -0.05) is 31.2 Å². The molecule has 1 aromatic carbocycles. The number of aryl methyl sites for hydroxylation is 2. The molecule has 3 rings (SSSR count). The first-order chi connectivity index (χ1) is 9.76. The molecule has 0 fully saturated rings. The van der Waals surface area contributed by atoms with Gasteiger partial charge in [-0.2, -0.15) is 5.10 Å². The van der Waals surface area contributed by atoms with E-state index in [-0.39, 0.29) is 5.56 Å². The Bertz CT molecular complexity index is 658. The van der Waals surface area contributed by atoms with Crippen molar-refractivity contribution in [2.45, 2.75) is 32.7 Å². The summed E-state index contributed by atoms with van der Waals surface area (Å²) in [6, 6.07) is 10.0. The first-order valence-electron chi connectivity index (χ1n) is 7.19. The van der Waals surface area contributed by atoms with E-state index in [1.54, 1.807) is 10.7 Å². The third kappa shape index (κ3) is 2.59. The zero-order valence-corrected chi connectivity index (χ0v) is 11.7. The molecule has 0 saturated heterocycles. The van der Waals surface area contributed by atoms with Crippen LogP contribution in [0.4, 0.5) is 5.69 Å². The summed E-state index contributed by atoms with van der Waals surface area (Å²) in [5, 5.41) is 7.73. The predicted octanol–water partition coefficient (Wildman–Crippen LogP) is 2.21. The summed E-state index contributed by atoms with van der Waals surface area (Å²) < 4.78 is 1.56. The third-order valence-corrected chi connectivity index (χ3v) is 3.74. The van der Waals surface area contributed by atoms with E-state index in [1.807, 2.05) is 0 Å². The number of nitrogens with one attached hydrogen (secondary N) is 1. The van der Waals surface area contributed by atoms with Gasteiger partial charge < -0.3 is 5.32 Å². The lowest BCUT2D eigenvalue weighted by atomic mass is 10.1. The maximum Gasteiger partial charge on any atom is 0.269 e. The second-order valence-corrected chi connectivity index (χ2v) is 5.20. The summed E-state index contributed by atoms with van der Waals surface area (Å²) in [5.74, 6) is 0. The number of benzene rings is 1. The molecule has 1 N–H and O–H groups in total. The minimum absolute atomic E-state index is 0.0438. The van der Waals surface area contributed by atoms with Crippen LogP contribution in [0.1, 0.15) is 30.2 Å². The Morgan fingerprint density at radius 3 is 2.75 bits per heavy atom. The van der Waals surface area contributed by atoms with Crippen LogP contribution in [0.3, 0.4) is 0 Å². The van der Waals surface area contributed by atoms with Gasteiger partial charge in [0, 0.05) is 12.6 Å². The number of hydrogen-bond acceptors (Lipinski definition) is 3. The average molecular weight is 269 g/mol. The topological polar surface area (TPSA) is 46.9 Å².